The van der Waals surface area contributed by atoms with E-state index >= 15 is 0 Å². The lowest BCUT2D eigenvalue weighted by Crippen LogP contribution is -2.31. The summed E-state index contributed by atoms with van der Waals surface area (Å²) in [6.07, 6.45) is 1.01. The fourth-order valence-electron chi connectivity index (χ4n) is 1.55. The van der Waals surface area contributed by atoms with Gasteiger partial charge in [0, 0.05) is 6.04 Å². The maximum absolute atomic E-state index is 12.0. The van der Waals surface area contributed by atoms with Crippen molar-refractivity contribution in [3.05, 3.63) is 16.5 Å². The average Bonchev–Trinajstić information content (AvgIpc) is 2.58. The van der Waals surface area contributed by atoms with Crippen LogP contribution in [0, 0.1) is 0 Å². The standard InChI is InChI=1S/C12H20N2OS/c1-5-8(4)9-6-16-11(13)10(9)12(15)14-7(2)3/h6-8H,5,13H2,1-4H3,(H,14,15). The number of nitrogens with one attached hydrogen (secondary N) is 1. The molecule has 1 amide bonds. The zero-order valence-corrected chi connectivity index (χ0v) is 11.1. The van der Waals surface area contributed by atoms with E-state index in [2.05, 4.69) is 19.2 Å². The van der Waals surface area contributed by atoms with E-state index in [1.54, 1.807) is 0 Å². The van der Waals surface area contributed by atoms with Crippen LogP contribution in [-0.4, -0.2) is 11.9 Å². The Hall–Kier alpha value is -1.03. The second-order valence-corrected chi connectivity index (χ2v) is 5.28. The molecule has 90 valence electrons. The van der Waals surface area contributed by atoms with Crippen LogP contribution < -0.4 is 11.1 Å². The third-order valence-corrected chi connectivity index (χ3v) is 3.47. The highest BCUT2D eigenvalue weighted by atomic mass is 32.1. The van der Waals surface area contributed by atoms with E-state index in [0.717, 1.165) is 12.0 Å². The predicted molar refractivity (Wildman–Crippen MR) is 70.0 cm³/mol. The predicted octanol–water partition coefficient (Wildman–Crippen LogP) is 2.98. The molecule has 3 nitrogen and oxygen atoms in total. The average molecular weight is 240 g/mol. The van der Waals surface area contributed by atoms with Crippen LogP contribution in [0.3, 0.4) is 0 Å². The van der Waals surface area contributed by atoms with Gasteiger partial charge in [0.15, 0.2) is 0 Å². The molecule has 1 aromatic rings. The Morgan fingerprint density at radius 2 is 2.12 bits per heavy atom. The van der Waals surface area contributed by atoms with E-state index < -0.39 is 0 Å². The first-order chi connectivity index (χ1) is 7.47. The molecule has 1 atom stereocenters. The number of rotatable bonds is 4. The maximum atomic E-state index is 12.0. The zero-order valence-electron chi connectivity index (χ0n) is 10.3. The van der Waals surface area contributed by atoms with Crippen LogP contribution in [0.1, 0.15) is 56.0 Å². The van der Waals surface area contributed by atoms with Gasteiger partial charge in [-0.15, -0.1) is 11.3 Å². The van der Waals surface area contributed by atoms with Gasteiger partial charge in [-0.3, -0.25) is 4.79 Å². The topological polar surface area (TPSA) is 55.1 Å². The van der Waals surface area contributed by atoms with Crippen LogP contribution >= 0.6 is 11.3 Å². The lowest BCUT2D eigenvalue weighted by atomic mass is 9.97. The van der Waals surface area contributed by atoms with Gasteiger partial charge in [0.2, 0.25) is 0 Å². The highest BCUT2D eigenvalue weighted by Gasteiger charge is 2.20. The van der Waals surface area contributed by atoms with Crippen LogP contribution in [-0.2, 0) is 0 Å². The minimum absolute atomic E-state index is 0.0518. The Balaban J connectivity index is 3.01. The molecule has 0 spiro atoms. The summed E-state index contributed by atoms with van der Waals surface area (Å²) >= 11 is 1.45. The van der Waals surface area contributed by atoms with Crippen LogP contribution in [0.5, 0.6) is 0 Å². The second kappa shape index (κ2) is 5.34. The van der Waals surface area contributed by atoms with Crippen molar-refractivity contribution in [2.24, 2.45) is 0 Å². The maximum Gasteiger partial charge on any atom is 0.254 e. The fraction of sp³-hybridized carbons (Fsp3) is 0.583. The summed E-state index contributed by atoms with van der Waals surface area (Å²) in [7, 11) is 0. The quantitative estimate of drug-likeness (QED) is 0.850. The molecule has 1 unspecified atom stereocenters. The Bertz CT molecular complexity index is 371. The minimum Gasteiger partial charge on any atom is -0.390 e. The normalized spacial score (nSPS) is 12.8. The minimum atomic E-state index is -0.0518. The molecule has 1 rings (SSSR count). The summed E-state index contributed by atoms with van der Waals surface area (Å²) in [5, 5.41) is 5.51. The Morgan fingerprint density at radius 3 is 2.62 bits per heavy atom. The Labute approximate surface area is 101 Å². The molecule has 0 aliphatic rings. The molecule has 1 aromatic heterocycles. The van der Waals surface area contributed by atoms with Gasteiger partial charge in [-0.05, 0) is 37.1 Å². The van der Waals surface area contributed by atoms with Gasteiger partial charge in [-0.25, -0.2) is 0 Å². The van der Waals surface area contributed by atoms with Gasteiger partial charge < -0.3 is 11.1 Å². The first-order valence-corrected chi connectivity index (χ1v) is 6.53. The van der Waals surface area contributed by atoms with Crippen molar-refractivity contribution in [3.63, 3.8) is 0 Å². The van der Waals surface area contributed by atoms with Gasteiger partial charge in [0.05, 0.1) is 10.6 Å². The monoisotopic (exact) mass is 240 g/mol. The number of nitrogen functional groups attached to an aromatic ring is 1. The zero-order chi connectivity index (χ0) is 12.3. The Kier molecular flexibility index (Phi) is 4.35. The molecule has 3 N–H and O–H groups in total. The first kappa shape index (κ1) is 13.0. The molecule has 4 heteroatoms. The number of hydrogen-bond donors (Lipinski definition) is 2. The summed E-state index contributed by atoms with van der Waals surface area (Å²) < 4.78 is 0. The number of carbonyl (C=O) groups excluding carboxylic acids is 1. The van der Waals surface area contributed by atoms with E-state index in [1.165, 1.54) is 11.3 Å². The molecular weight excluding hydrogens is 220 g/mol. The van der Waals surface area contributed by atoms with E-state index in [4.69, 9.17) is 5.73 Å². The highest BCUT2D eigenvalue weighted by Crippen LogP contribution is 2.32. The molecule has 1 heterocycles. The molecule has 0 saturated heterocycles. The lowest BCUT2D eigenvalue weighted by molar-refractivity contribution is 0.0943. The third kappa shape index (κ3) is 2.76. The number of anilines is 1. The SMILES string of the molecule is CCC(C)c1csc(N)c1C(=O)NC(C)C. The molecule has 16 heavy (non-hydrogen) atoms. The number of nitrogens with two attached hydrogens (primary N) is 1. The molecule has 0 radical (unpaired) electrons. The van der Waals surface area contributed by atoms with Crippen molar-refractivity contribution in [1.82, 2.24) is 5.32 Å². The smallest absolute Gasteiger partial charge is 0.254 e. The van der Waals surface area contributed by atoms with Crippen molar-refractivity contribution in [2.45, 2.75) is 46.1 Å². The van der Waals surface area contributed by atoms with Crippen molar-refractivity contribution >= 4 is 22.2 Å². The van der Waals surface area contributed by atoms with Gasteiger partial charge in [0.1, 0.15) is 0 Å². The summed E-state index contributed by atoms with van der Waals surface area (Å²) in [4.78, 5) is 12.0. The number of carbonyl (C=O) groups is 1. The van der Waals surface area contributed by atoms with Crippen molar-refractivity contribution in [3.8, 4) is 0 Å². The Morgan fingerprint density at radius 1 is 1.50 bits per heavy atom. The fourth-order valence-corrected chi connectivity index (χ4v) is 2.48. The molecule has 0 saturated carbocycles. The van der Waals surface area contributed by atoms with Crippen molar-refractivity contribution in [2.75, 3.05) is 5.73 Å². The number of amides is 1. The van der Waals surface area contributed by atoms with Crippen molar-refractivity contribution in [1.29, 1.82) is 0 Å². The van der Waals surface area contributed by atoms with Gasteiger partial charge >= 0.3 is 0 Å². The molecule has 0 aliphatic carbocycles. The van der Waals surface area contributed by atoms with E-state index in [0.29, 0.717) is 16.5 Å². The van der Waals surface area contributed by atoms with Gasteiger partial charge in [0.25, 0.3) is 5.91 Å². The molecule has 0 fully saturated rings. The molecule has 0 aliphatic heterocycles. The van der Waals surface area contributed by atoms with Crippen LogP contribution in [0.4, 0.5) is 5.00 Å². The van der Waals surface area contributed by atoms with E-state index in [-0.39, 0.29) is 11.9 Å². The summed E-state index contributed by atoms with van der Waals surface area (Å²) in [6, 6.07) is 0.136. The molecule has 0 aromatic carbocycles. The van der Waals surface area contributed by atoms with Gasteiger partial charge in [-0.2, -0.15) is 0 Å². The largest absolute Gasteiger partial charge is 0.390 e. The molecular formula is C12H20N2OS. The lowest BCUT2D eigenvalue weighted by Gasteiger charge is -2.13. The summed E-state index contributed by atoms with van der Waals surface area (Å²) in [6.45, 7) is 8.13. The van der Waals surface area contributed by atoms with Crippen molar-refractivity contribution < 1.29 is 4.79 Å². The first-order valence-electron chi connectivity index (χ1n) is 5.65. The van der Waals surface area contributed by atoms with Gasteiger partial charge in [-0.1, -0.05) is 13.8 Å². The summed E-state index contributed by atoms with van der Waals surface area (Å²) in [5.74, 6) is 0.325. The van der Waals surface area contributed by atoms with E-state index in [1.807, 2.05) is 19.2 Å². The third-order valence-electron chi connectivity index (χ3n) is 2.64. The van der Waals surface area contributed by atoms with Crippen LogP contribution in [0.2, 0.25) is 0 Å². The number of thiophene rings is 1. The summed E-state index contributed by atoms with van der Waals surface area (Å²) in [5.41, 5.74) is 7.61. The second-order valence-electron chi connectivity index (χ2n) is 4.37. The highest BCUT2D eigenvalue weighted by molar-refractivity contribution is 7.14. The van der Waals surface area contributed by atoms with E-state index in [9.17, 15) is 4.79 Å². The molecule has 0 bridgehead atoms. The van der Waals surface area contributed by atoms with Crippen LogP contribution in [0.15, 0.2) is 5.38 Å². The van der Waals surface area contributed by atoms with Crippen LogP contribution in [0.25, 0.3) is 0 Å². The number of hydrogen-bond acceptors (Lipinski definition) is 3.